The van der Waals surface area contributed by atoms with E-state index in [9.17, 15) is 14.9 Å². The molecular formula is C22H29N3O5. The summed E-state index contributed by atoms with van der Waals surface area (Å²) in [6.45, 7) is 6.05. The first-order valence-corrected chi connectivity index (χ1v) is 10.1. The number of methoxy groups -OCH3 is 1. The molecule has 1 aromatic carbocycles. The number of nitriles is 1. The second-order valence-electron chi connectivity index (χ2n) is 6.78. The Balaban J connectivity index is 2.05. The van der Waals surface area contributed by atoms with Gasteiger partial charge < -0.3 is 24.4 Å². The topological polar surface area (TPSA) is 101 Å². The van der Waals surface area contributed by atoms with Gasteiger partial charge in [-0.1, -0.05) is 6.07 Å². The van der Waals surface area contributed by atoms with Gasteiger partial charge in [0, 0.05) is 26.2 Å². The van der Waals surface area contributed by atoms with E-state index in [1.807, 2.05) is 19.9 Å². The monoisotopic (exact) mass is 415 g/mol. The van der Waals surface area contributed by atoms with Gasteiger partial charge in [0.1, 0.15) is 11.6 Å². The Kier molecular flexibility index (Phi) is 9.16. The molecule has 8 nitrogen and oxygen atoms in total. The Morgan fingerprint density at radius 2 is 2.10 bits per heavy atom. The summed E-state index contributed by atoms with van der Waals surface area (Å²) in [7, 11) is 1.49. The smallest absolute Gasteiger partial charge is 0.262 e. The lowest BCUT2D eigenvalue weighted by Gasteiger charge is -2.19. The number of likely N-dealkylation sites (N-methyl/N-ethyl adjacent to an activating group) is 1. The van der Waals surface area contributed by atoms with E-state index < -0.39 is 5.91 Å². The molecule has 0 unspecified atom stereocenters. The first-order chi connectivity index (χ1) is 14.5. The minimum atomic E-state index is -0.447. The van der Waals surface area contributed by atoms with E-state index in [0.717, 1.165) is 12.8 Å². The summed E-state index contributed by atoms with van der Waals surface area (Å²) in [5.74, 6) is 0.266. The summed E-state index contributed by atoms with van der Waals surface area (Å²) in [5.41, 5.74) is 0.596. The molecular weight excluding hydrogens is 386 g/mol. The second-order valence-corrected chi connectivity index (χ2v) is 6.78. The fourth-order valence-electron chi connectivity index (χ4n) is 3.12. The van der Waals surface area contributed by atoms with Crippen molar-refractivity contribution in [3.8, 4) is 17.6 Å². The molecule has 2 amide bonds. The van der Waals surface area contributed by atoms with Crippen molar-refractivity contribution in [2.75, 3.05) is 40.0 Å². The highest BCUT2D eigenvalue weighted by atomic mass is 16.5. The number of ether oxygens (including phenoxy) is 3. The number of rotatable bonds is 10. The minimum absolute atomic E-state index is 0.00414. The van der Waals surface area contributed by atoms with Crippen LogP contribution in [0.3, 0.4) is 0 Å². The van der Waals surface area contributed by atoms with Crippen molar-refractivity contribution in [3.05, 3.63) is 29.3 Å². The maximum atomic E-state index is 12.3. The van der Waals surface area contributed by atoms with Gasteiger partial charge in [-0.3, -0.25) is 9.59 Å². The third-order valence-electron chi connectivity index (χ3n) is 4.85. The maximum absolute atomic E-state index is 12.3. The molecule has 1 heterocycles. The second kappa shape index (κ2) is 11.8. The Morgan fingerprint density at radius 3 is 2.70 bits per heavy atom. The van der Waals surface area contributed by atoms with E-state index in [-0.39, 0.29) is 24.2 Å². The third-order valence-corrected chi connectivity index (χ3v) is 4.85. The van der Waals surface area contributed by atoms with Gasteiger partial charge in [-0.25, -0.2) is 0 Å². The van der Waals surface area contributed by atoms with Crippen molar-refractivity contribution in [1.82, 2.24) is 10.2 Å². The average molecular weight is 415 g/mol. The van der Waals surface area contributed by atoms with Gasteiger partial charge in [0.15, 0.2) is 18.1 Å². The van der Waals surface area contributed by atoms with Crippen LogP contribution in [0.1, 0.15) is 32.3 Å². The molecule has 0 radical (unpaired) electrons. The Bertz CT molecular complexity index is 805. The van der Waals surface area contributed by atoms with Crippen LogP contribution in [0, 0.1) is 11.3 Å². The number of amides is 2. The van der Waals surface area contributed by atoms with Crippen molar-refractivity contribution in [2.45, 2.75) is 32.8 Å². The molecule has 162 valence electrons. The molecule has 0 bridgehead atoms. The summed E-state index contributed by atoms with van der Waals surface area (Å²) in [4.78, 5) is 26.1. The van der Waals surface area contributed by atoms with E-state index in [0.29, 0.717) is 43.3 Å². The Hall–Kier alpha value is -3.05. The summed E-state index contributed by atoms with van der Waals surface area (Å²) in [6.07, 6.45) is 3.37. The van der Waals surface area contributed by atoms with Gasteiger partial charge in [-0.05, 0) is 50.5 Å². The molecule has 1 atom stereocenters. The molecule has 0 aromatic heterocycles. The van der Waals surface area contributed by atoms with Gasteiger partial charge in [0.25, 0.3) is 11.8 Å². The number of hydrogen-bond acceptors (Lipinski definition) is 6. The summed E-state index contributed by atoms with van der Waals surface area (Å²) in [6, 6.07) is 6.93. The molecule has 8 heteroatoms. The van der Waals surface area contributed by atoms with Gasteiger partial charge >= 0.3 is 0 Å². The predicted octanol–water partition coefficient (Wildman–Crippen LogP) is 2.14. The molecule has 1 aromatic rings. The fourth-order valence-corrected chi connectivity index (χ4v) is 3.12. The molecule has 1 aliphatic heterocycles. The Morgan fingerprint density at radius 1 is 1.33 bits per heavy atom. The van der Waals surface area contributed by atoms with Crippen molar-refractivity contribution in [1.29, 1.82) is 5.26 Å². The van der Waals surface area contributed by atoms with E-state index in [1.54, 1.807) is 23.1 Å². The van der Waals surface area contributed by atoms with Crippen LogP contribution in [-0.4, -0.2) is 62.8 Å². The Labute approximate surface area is 177 Å². The van der Waals surface area contributed by atoms with Crippen LogP contribution < -0.4 is 14.8 Å². The molecule has 1 N–H and O–H groups in total. The van der Waals surface area contributed by atoms with Crippen LogP contribution in [0.2, 0.25) is 0 Å². The van der Waals surface area contributed by atoms with Crippen LogP contribution in [0.5, 0.6) is 11.5 Å². The minimum Gasteiger partial charge on any atom is -0.493 e. The largest absolute Gasteiger partial charge is 0.493 e. The first kappa shape index (κ1) is 23.2. The molecule has 0 spiro atoms. The van der Waals surface area contributed by atoms with E-state index in [2.05, 4.69) is 5.32 Å². The SMILES string of the molecule is CCN(CC)C(=O)COc1ccc(/C=C(\C#N)C(=O)NC[C@H]2CCCO2)cc1OC. The van der Waals surface area contributed by atoms with Gasteiger partial charge in [-0.2, -0.15) is 5.26 Å². The molecule has 0 aliphatic carbocycles. The quantitative estimate of drug-likeness (QED) is 0.464. The number of nitrogens with zero attached hydrogens (tertiary/aromatic N) is 2. The highest BCUT2D eigenvalue weighted by molar-refractivity contribution is 6.01. The molecule has 1 aliphatic rings. The molecule has 1 fully saturated rings. The van der Waals surface area contributed by atoms with Crippen LogP contribution in [0.4, 0.5) is 0 Å². The molecule has 30 heavy (non-hydrogen) atoms. The van der Waals surface area contributed by atoms with Crippen LogP contribution in [0.25, 0.3) is 6.08 Å². The molecule has 2 rings (SSSR count). The van der Waals surface area contributed by atoms with Gasteiger partial charge in [-0.15, -0.1) is 0 Å². The number of hydrogen-bond donors (Lipinski definition) is 1. The molecule has 0 saturated carbocycles. The first-order valence-electron chi connectivity index (χ1n) is 10.1. The zero-order valence-corrected chi connectivity index (χ0v) is 17.8. The lowest BCUT2D eigenvalue weighted by atomic mass is 10.1. The fraction of sp³-hybridized carbons (Fsp3) is 0.500. The van der Waals surface area contributed by atoms with Crippen LogP contribution in [-0.2, 0) is 14.3 Å². The zero-order chi connectivity index (χ0) is 21.9. The van der Waals surface area contributed by atoms with E-state index in [4.69, 9.17) is 14.2 Å². The van der Waals surface area contributed by atoms with E-state index in [1.165, 1.54) is 13.2 Å². The van der Waals surface area contributed by atoms with Crippen molar-refractivity contribution < 1.29 is 23.8 Å². The lowest BCUT2D eigenvalue weighted by Crippen LogP contribution is -2.34. The van der Waals surface area contributed by atoms with Gasteiger partial charge in [0.2, 0.25) is 0 Å². The highest BCUT2D eigenvalue weighted by Crippen LogP contribution is 2.29. The van der Waals surface area contributed by atoms with Gasteiger partial charge in [0.05, 0.1) is 13.2 Å². The predicted molar refractivity (Wildman–Crippen MR) is 112 cm³/mol. The number of carbonyl (C=O) groups is 2. The lowest BCUT2D eigenvalue weighted by molar-refractivity contribution is -0.133. The summed E-state index contributed by atoms with van der Waals surface area (Å²) in [5, 5.41) is 12.1. The standard InChI is InChI=1S/C22H29N3O5/c1-4-25(5-2)21(26)15-30-19-9-8-16(12-20(19)28-3)11-17(13-23)22(27)24-14-18-7-6-10-29-18/h8-9,11-12,18H,4-7,10,14-15H2,1-3H3,(H,24,27)/b17-11+/t18-/m1/s1. The maximum Gasteiger partial charge on any atom is 0.262 e. The number of nitrogens with one attached hydrogen (secondary N) is 1. The summed E-state index contributed by atoms with van der Waals surface area (Å²) >= 11 is 0. The summed E-state index contributed by atoms with van der Waals surface area (Å²) < 4.78 is 16.4. The van der Waals surface area contributed by atoms with Crippen molar-refractivity contribution in [2.24, 2.45) is 0 Å². The van der Waals surface area contributed by atoms with Crippen molar-refractivity contribution in [3.63, 3.8) is 0 Å². The molecule has 1 saturated heterocycles. The number of carbonyl (C=O) groups excluding carboxylic acids is 2. The third kappa shape index (κ3) is 6.49. The normalized spacial score (nSPS) is 15.9. The van der Waals surface area contributed by atoms with Crippen LogP contribution in [0.15, 0.2) is 23.8 Å². The average Bonchev–Trinajstić information content (AvgIpc) is 3.29. The zero-order valence-electron chi connectivity index (χ0n) is 17.8. The number of benzene rings is 1. The van der Waals surface area contributed by atoms with E-state index >= 15 is 0 Å². The van der Waals surface area contributed by atoms with Crippen molar-refractivity contribution >= 4 is 17.9 Å². The van der Waals surface area contributed by atoms with Crippen LogP contribution >= 0.6 is 0 Å². The highest BCUT2D eigenvalue weighted by Gasteiger charge is 2.18.